The third-order valence-electron chi connectivity index (χ3n) is 5.26. The molecule has 0 aromatic heterocycles. The van der Waals surface area contributed by atoms with Crippen LogP contribution >= 0.6 is 0 Å². The molecule has 0 spiro atoms. The van der Waals surface area contributed by atoms with Gasteiger partial charge < -0.3 is 10.6 Å². The second kappa shape index (κ2) is 6.43. The van der Waals surface area contributed by atoms with E-state index >= 15 is 0 Å². The van der Waals surface area contributed by atoms with Crippen LogP contribution in [0.25, 0.3) is 0 Å². The van der Waals surface area contributed by atoms with Crippen molar-refractivity contribution >= 4 is 0 Å². The molecule has 2 fully saturated rings. The van der Waals surface area contributed by atoms with Crippen molar-refractivity contribution < 1.29 is 0 Å². The molecule has 2 aliphatic heterocycles. The number of hydrogen-bond acceptors (Lipinski definition) is 2. The molecule has 2 nitrogen and oxygen atoms in total. The average molecular weight is 311 g/mol. The molecular formula is C20H42N2. The largest absolute Gasteiger partial charge is 0.313 e. The molecular weight excluding hydrogens is 268 g/mol. The smallest absolute Gasteiger partial charge is 0.0121 e. The number of rotatable bonds is 0. The first-order valence-electron chi connectivity index (χ1n) is 9.09. The number of nitrogens with one attached hydrogen (secondary N) is 2. The van der Waals surface area contributed by atoms with Crippen molar-refractivity contribution in [3.8, 4) is 0 Å². The maximum absolute atomic E-state index is 3.59. The molecule has 0 radical (unpaired) electrons. The lowest BCUT2D eigenvalue weighted by Crippen LogP contribution is -2.34. The van der Waals surface area contributed by atoms with Gasteiger partial charge in [0.2, 0.25) is 0 Å². The molecule has 132 valence electrons. The van der Waals surface area contributed by atoms with Gasteiger partial charge in [-0.2, -0.15) is 0 Å². The molecule has 0 bridgehead atoms. The van der Waals surface area contributed by atoms with Crippen LogP contribution in [-0.4, -0.2) is 25.2 Å². The zero-order valence-corrected chi connectivity index (χ0v) is 17.0. The van der Waals surface area contributed by atoms with Crippen LogP contribution in [-0.2, 0) is 0 Å². The Morgan fingerprint density at radius 3 is 1.00 bits per heavy atom. The highest BCUT2D eigenvalue weighted by atomic mass is 15.0. The van der Waals surface area contributed by atoms with E-state index in [1.165, 1.54) is 25.9 Å². The van der Waals surface area contributed by atoms with E-state index in [0.717, 1.165) is 0 Å². The van der Waals surface area contributed by atoms with E-state index in [-0.39, 0.29) is 0 Å². The molecule has 2 rings (SSSR count). The van der Waals surface area contributed by atoms with Crippen LogP contribution in [0.5, 0.6) is 0 Å². The molecule has 22 heavy (non-hydrogen) atoms. The minimum atomic E-state index is 0.424. The third-order valence-corrected chi connectivity index (χ3v) is 5.26. The monoisotopic (exact) mass is 310 g/mol. The highest BCUT2D eigenvalue weighted by molar-refractivity contribution is 4.94. The fraction of sp³-hybridized carbons (Fsp3) is 1.00. The predicted octanol–water partition coefficient (Wildman–Crippen LogP) is 4.84. The van der Waals surface area contributed by atoms with Gasteiger partial charge in [-0.25, -0.2) is 0 Å². The summed E-state index contributed by atoms with van der Waals surface area (Å²) in [7, 11) is 0. The van der Waals surface area contributed by atoms with Crippen LogP contribution in [0, 0.1) is 21.7 Å². The Kier molecular flexibility index (Phi) is 5.84. The van der Waals surface area contributed by atoms with Crippen LogP contribution in [0.15, 0.2) is 0 Å². The molecule has 0 amide bonds. The van der Waals surface area contributed by atoms with Gasteiger partial charge in [0.25, 0.3) is 0 Å². The van der Waals surface area contributed by atoms with Crippen LogP contribution in [0.3, 0.4) is 0 Å². The van der Waals surface area contributed by atoms with Gasteiger partial charge >= 0.3 is 0 Å². The van der Waals surface area contributed by atoms with Crippen molar-refractivity contribution in [1.29, 1.82) is 0 Å². The predicted molar refractivity (Wildman–Crippen MR) is 99.3 cm³/mol. The van der Waals surface area contributed by atoms with Crippen LogP contribution in [0.2, 0.25) is 0 Å². The summed E-state index contributed by atoms with van der Waals surface area (Å²) in [5.74, 6) is 0. The van der Waals surface area contributed by atoms with Gasteiger partial charge in [-0.05, 0) is 34.5 Å². The Labute approximate surface area is 140 Å². The summed E-state index contributed by atoms with van der Waals surface area (Å²) in [6, 6.07) is 1.41. The number of hydrogen-bond donors (Lipinski definition) is 2. The van der Waals surface area contributed by atoms with Crippen LogP contribution < -0.4 is 10.6 Å². The first-order chi connectivity index (χ1) is 9.62. The van der Waals surface area contributed by atoms with Gasteiger partial charge in [0.15, 0.2) is 0 Å². The van der Waals surface area contributed by atoms with E-state index in [2.05, 4.69) is 79.9 Å². The molecule has 2 N–H and O–H groups in total. The lowest BCUT2D eigenvalue weighted by molar-refractivity contribution is 0.276. The highest BCUT2D eigenvalue weighted by Crippen LogP contribution is 2.36. The Morgan fingerprint density at radius 2 is 0.909 bits per heavy atom. The van der Waals surface area contributed by atoms with Gasteiger partial charge in [-0.1, -0.05) is 69.2 Å². The minimum Gasteiger partial charge on any atom is -0.313 e. The second-order valence-electron chi connectivity index (χ2n) is 11.3. The average Bonchev–Trinajstić information content (AvgIpc) is 2.80. The van der Waals surface area contributed by atoms with Gasteiger partial charge in [0, 0.05) is 25.2 Å². The van der Waals surface area contributed by atoms with Crippen LogP contribution in [0.1, 0.15) is 82.1 Å². The molecule has 0 aliphatic carbocycles. The molecule has 2 atom stereocenters. The summed E-state index contributed by atoms with van der Waals surface area (Å²) in [5, 5.41) is 7.17. The van der Waals surface area contributed by atoms with E-state index in [4.69, 9.17) is 0 Å². The minimum absolute atomic E-state index is 0.424. The maximum Gasteiger partial charge on any atom is 0.0121 e. The van der Waals surface area contributed by atoms with Crippen molar-refractivity contribution in [2.75, 3.05) is 13.1 Å². The summed E-state index contributed by atoms with van der Waals surface area (Å²) in [4.78, 5) is 0. The Hall–Kier alpha value is -0.0800. The molecule has 2 heterocycles. The van der Waals surface area contributed by atoms with Gasteiger partial charge in [-0.3, -0.25) is 0 Å². The summed E-state index contributed by atoms with van der Waals surface area (Å²) in [6.45, 7) is 25.6. The lowest BCUT2D eigenvalue weighted by Gasteiger charge is -2.27. The first kappa shape index (κ1) is 20.0. The molecule has 0 saturated carbocycles. The third kappa shape index (κ3) is 6.20. The zero-order chi connectivity index (χ0) is 17.4. The molecule has 2 saturated heterocycles. The van der Waals surface area contributed by atoms with Crippen molar-refractivity contribution in [3.05, 3.63) is 0 Å². The molecule has 2 aliphatic rings. The molecule has 0 unspecified atom stereocenters. The van der Waals surface area contributed by atoms with Crippen molar-refractivity contribution in [1.82, 2.24) is 10.6 Å². The van der Waals surface area contributed by atoms with E-state index in [0.29, 0.717) is 33.7 Å². The first-order valence-corrected chi connectivity index (χ1v) is 9.09. The molecule has 0 aromatic carbocycles. The summed E-state index contributed by atoms with van der Waals surface area (Å²) >= 11 is 0. The van der Waals surface area contributed by atoms with Crippen molar-refractivity contribution in [2.45, 2.75) is 94.2 Å². The fourth-order valence-corrected chi connectivity index (χ4v) is 3.42. The normalized spacial score (nSPS) is 30.8. The van der Waals surface area contributed by atoms with E-state index in [1.807, 2.05) is 0 Å². The van der Waals surface area contributed by atoms with Gasteiger partial charge in [-0.15, -0.1) is 0 Å². The standard InChI is InChI=1S/2C10H21N/c2*1-9(2,3)8-6-10(4,5)7-11-8/h2*8,11H,6-7H2,1-5H3/t2*8-/m10/s1. The van der Waals surface area contributed by atoms with Gasteiger partial charge in [0.05, 0.1) is 0 Å². The fourth-order valence-electron chi connectivity index (χ4n) is 3.42. The van der Waals surface area contributed by atoms with E-state index < -0.39 is 0 Å². The zero-order valence-electron chi connectivity index (χ0n) is 17.0. The Balaban J connectivity index is 0.000000220. The van der Waals surface area contributed by atoms with E-state index in [9.17, 15) is 0 Å². The SMILES string of the molecule is CC1(C)CN[C@@H](C(C)(C)C)C1.CC1(C)CN[C@H](C(C)(C)C)C1. The van der Waals surface area contributed by atoms with Crippen LogP contribution in [0.4, 0.5) is 0 Å². The van der Waals surface area contributed by atoms with Crippen molar-refractivity contribution in [3.63, 3.8) is 0 Å². The Morgan fingerprint density at radius 1 is 0.636 bits per heavy atom. The second-order valence-corrected chi connectivity index (χ2v) is 11.3. The molecule has 2 heteroatoms. The topological polar surface area (TPSA) is 24.1 Å². The van der Waals surface area contributed by atoms with Gasteiger partial charge in [0.1, 0.15) is 0 Å². The lowest BCUT2D eigenvalue weighted by atomic mass is 9.80. The van der Waals surface area contributed by atoms with E-state index in [1.54, 1.807) is 0 Å². The summed E-state index contributed by atoms with van der Waals surface area (Å²) in [5.41, 5.74) is 1.87. The maximum atomic E-state index is 3.59. The quantitative estimate of drug-likeness (QED) is 0.669. The molecule has 0 aromatic rings. The summed E-state index contributed by atoms with van der Waals surface area (Å²) < 4.78 is 0. The van der Waals surface area contributed by atoms with Crippen molar-refractivity contribution in [2.24, 2.45) is 21.7 Å². The Bertz CT molecular complexity index is 319. The summed E-state index contributed by atoms with van der Waals surface area (Å²) in [6.07, 6.45) is 2.63. The highest BCUT2D eigenvalue weighted by Gasteiger charge is 2.37.